The highest BCUT2D eigenvalue weighted by Crippen LogP contribution is 2.53. The number of benzene rings is 2. The van der Waals surface area contributed by atoms with Gasteiger partial charge in [-0.1, -0.05) is 35.5 Å². The number of hydrogen-bond donors (Lipinski definition) is 2. The normalized spacial score (nSPS) is 14.7. The van der Waals surface area contributed by atoms with E-state index in [0.29, 0.717) is 24.3 Å². The van der Waals surface area contributed by atoms with Crippen LogP contribution in [0.3, 0.4) is 0 Å². The zero-order valence-corrected chi connectivity index (χ0v) is 14.9. The molecule has 1 aliphatic rings. The predicted octanol–water partition coefficient (Wildman–Crippen LogP) is 3.47. The van der Waals surface area contributed by atoms with E-state index < -0.39 is 5.41 Å². The fraction of sp³-hybridized carbons (Fsp3) is 0.238. The molecule has 0 spiro atoms. The summed E-state index contributed by atoms with van der Waals surface area (Å²) in [6.07, 6.45) is 1.40. The molecule has 0 atom stereocenters. The number of aromatic hydroxyl groups is 1. The molecule has 0 aliphatic heterocycles. The summed E-state index contributed by atoms with van der Waals surface area (Å²) in [6.45, 7) is 0.153. The second-order valence-corrected chi connectivity index (χ2v) is 6.67. The molecule has 3 aromatic rings. The second-order valence-electron chi connectivity index (χ2n) is 6.67. The minimum Gasteiger partial charge on any atom is -0.508 e. The van der Waals surface area contributed by atoms with Crippen molar-refractivity contribution in [1.29, 1.82) is 0 Å². The van der Waals surface area contributed by atoms with Crippen LogP contribution in [0.5, 0.6) is 5.75 Å². The van der Waals surface area contributed by atoms with Crippen LogP contribution >= 0.6 is 0 Å². The first-order valence-corrected chi connectivity index (χ1v) is 8.78. The van der Waals surface area contributed by atoms with E-state index in [1.807, 2.05) is 30.3 Å². The largest absolute Gasteiger partial charge is 0.508 e. The summed E-state index contributed by atoms with van der Waals surface area (Å²) in [7, 11) is 1.53. The Kier molecular flexibility index (Phi) is 4.41. The molecule has 1 aliphatic carbocycles. The van der Waals surface area contributed by atoms with Crippen LogP contribution in [0.4, 0.5) is 0 Å². The number of nitrogens with zero attached hydrogens (tertiary/aromatic N) is 1. The standard InChI is InChI=1S/C21H20N2O4/c1-26-13-22-20(25)21(11-12-21)19-17(14-5-3-2-4-6-14)18(23-27-19)15-7-9-16(24)10-8-15/h2-10,24H,11-13H2,1H3,(H,22,25). The summed E-state index contributed by atoms with van der Waals surface area (Å²) in [5, 5.41) is 16.7. The van der Waals surface area contributed by atoms with Crippen LogP contribution in [0.2, 0.25) is 0 Å². The molecule has 1 fully saturated rings. The molecular formula is C21H20N2O4. The maximum absolute atomic E-state index is 12.7. The predicted molar refractivity (Wildman–Crippen MR) is 100.0 cm³/mol. The monoisotopic (exact) mass is 364 g/mol. The minimum absolute atomic E-state index is 0.116. The first-order chi connectivity index (χ1) is 13.2. The van der Waals surface area contributed by atoms with Crippen molar-refractivity contribution in [2.75, 3.05) is 13.8 Å². The lowest BCUT2D eigenvalue weighted by Gasteiger charge is -2.14. The zero-order valence-electron chi connectivity index (χ0n) is 14.9. The van der Waals surface area contributed by atoms with Gasteiger partial charge in [0, 0.05) is 12.7 Å². The van der Waals surface area contributed by atoms with Gasteiger partial charge in [-0.05, 0) is 42.7 Å². The molecular weight excluding hydrogens is 344 g/mol. The molecule has 6 heteroatoms. The van der Waals surface area contributed by atoms with E-state index in [1.54, 1.807) is 24.3 Å². The smallest absolute Gasteiger partial charge is 0.235 e. The summed E-state index contributed by atoms with van der Waals surface area (Å²) in [6, 6.07) is 16.6. The average molecular weight is 364 g/mol. The summed E-state index contributed by atoms with van der Waals surface area (Å²) >= 11 is 0. The molecule has 0 bridgehead atoms. The topological polar surface area (TPSA) is 84.6 Å². The van der Waals surface area contributed by atoms with Gasteiger partial charge in [0.25, 0.3) is 0 Å². The number of hydrogen-bond acceptors (Lipinski definition) is 5. The van der Waals surface area contributed by atoms with Crippen LogP contribution in [0.1, 0.15) is 18.6 Å². The molecule has 138 valence electrons. The van der Waals surface area contributed by atoms with Gasteiger partial charge in [0.1, 0.15) is 23.6 Å². The molecule has 0 radical (unpaired) electrons. The number of rotatable bonds is 6. The zero-order chi connectivity index (χ0) is 18.9. The molecule has 0 saturated heterocycles. The van der Waals surface area contributed by atoms with Gasteiger partial charge in [-0.15, -0.1) is 0 Å². The van der Waals surface area contributed by atoms with E-state index in [9.17, 15) is 9.90 Å². The summed E-state index contributed by atoms with van der Waals surface area (Å²) in [5.41, 5.74) is 2.50. The maximum atomic E-state index is 12.7. The number of carbonyl (C=O) groups is 1. The Balaban J connectivity index is 1.84. The van der Waals surface area contributed by atoms with Crippen LogP contribution in [-0.2, 0) is 14.9 Å². The molecule has 6 nitrogen and oxygen atoms in total. The van der Waals surface area contributed by atoms with Crippen LogP contribution in [0, 0.1) is 0 Å². The lowest BCUT2D eigenvalue weighted by Crippen LogP contribution is -2.35. The van der Waals surface area contributed by atoms with Gasteiger partial charge in [0.15, 0.2) is 5.76 Å². The van der Waals surface area contributed by atoms with Crippen LogP contribution in [-0.4, -0.2) is 30.0 Å². The molecule has 1 heterocycles. The lowest BCUT2D eigenvalue weighted by atomic mass is 9.91. The van der Waals surface area contributed by atoms with Crippen molar-refractivity contribution in [3.8, 4) is 28.1 Å². The first-order valence-electron chi connectivity index (χ1n) is 8.78. The second kappa shape index (κ2) is 6.89. The van der Waals surface area contributed by atoms with Crippen LogP contribution in [0.25, 0.3) is 22.4 Å². The highest BCUT2D eigenvalue weighted by molar-refractivity contribution is 5.95. The first kappa shape index (κ1) is 17.3. The van der Waals surface area contributed by atoms with E-state index in [1.165, 1.54) is 7.11 Å². The number of methoxy groups -OCH3 is 1. The van der Waals surface area contributed by atoms with E-state index in [0.717, 1.165) is 16.7 Å². The Morgan fingerprint density at radius 3 is 2.48 bits per heavy atom. The highest BCUT2D eigenvalue weighted by Gasteiger charge is 2.56. The van der Waals surface area contributed by atoms with E-state index in [4.69, 9.17) is 9.26 Å². The Bertz CT molecular complexity index is 944. The number of ether oxygens (including phenoxy) is 1. The molecule has 27 heavy (non-hydrogen) atoms. The van der Waals surface area contributed by atoms with Gasteiger partial charge < -0.3 is 19.7 Å². The van der Waals surface area contributed by atoms with Gasteiger partial charge in [-0.2, -0.15) is 0 Å². The van der Waals surface area contributed by atoms with Crippen molar-refractivity contribution in [2.24, 2.45) is 0 Å². The Labute approximate surface area is 156 Å². The van der Waals surface area contributed by atoms with Crippen LogP contribution < -0.4 is 5.32 Å². The Hall–Kier alpha value is -3.12. The lowest BCUT2D eigenvalue weighted by molar-refractivity contribution is -0.125. The van der Waals surface area contributed by atoms with Crippen molar-refractivity contribution in [3.05, 3.63) is 60.4 Å². The van der Waals surface area contributed by atoms with Crippen molar-refractivity contribution in [2.45, 2.75) is 18.3 Å². The van der Waals surface area contributed by atoms with E-state index in [-0.39, 0.29) is 18.4 Å². The van der Waals surface area contributed by atoms with Gasteiger partial charge in [0.2, 0.25) is 5.91 Å². The Morgan fingerprint density at radius 1 is 1.15 bits per heavy atom. The minimum atomic E-state index is -0.716. The molecule has 1 aromatic heterocycles. The summed E-state index contributed by atoms with van der Waals surface area (Å²) in [4.78, 5) is 12.7. The third-order valence-corrected chi connectivity index (χ3v) is 4.89. The maximum Gasteiger partial charge on any atom is 0.235 e. The number of carbonyl (C=O) groups excluding carboxylic acids is 1. The third kappa shape index (κ3) is 3.08. The van der Waals surface area contributed by atoms with Crippen molar-refractivity contribution < 1.29 is 19.2 Å². The fourth-order valence-corrected chi connectivity index (χ4v) is 3.29. The van der Waals surface area contributed by atoms with Gasteiger partial charge >= 0.3 is 0 Å². The van der Waals surface area contributed by atoms with Crippen molar-refractivity contribution >= 4 is 5.91 Å². The van der Waals surface area contributed by atoms with Gasteiger partial charge in [0.05, 0.1) is 5.56 Å². The number of amides is 1. The van der Waals surface area contributed by atoms with E-state index >= 15 is 0 Å². The SMILES string of the molecule is COCNC(=O)C1(c2onc(-c3ccc(O)cc3)c2-c2ccccc2)CC1. The Morgan fingerprint density at radius 2 is 1.85 bits per heavy atom. The number of phenols is 1. The van der Waals surface area contributed by atoms with Crippen molar-refractivity contribution in [1.82, 2.24) is 10.5 Å². The summed E-state index contributed by atoms with van der Waals surface area (Å²) in [5.74, 6) is 0.640. The molecule has 1 amide bonds. The number of aromatic nitrogens is 1. The van der Waals surface area contributed by atoms with Gasteiger partial charge in [-0.3, -0.25) is 4.79 Å². The molecule has 0 unspecified atom stereocenters. The summed E-state index contributed by atoms with van der Waals surface area (Å²) < 4.78 is 10.7. The third-order valence-electron chi connectivity index (χ3n) is 4.89. The molecule has 4 rings (SSSR count). The fourth-order valence-electron chi connectivity index (χ4n) is 3.29. The highest BCUT2D eigenvalue weighted by atomic mass is 16.5. The van der Waals surface area contributed by atoms with E-state index in [2.05, 4.69) is 10.5 Å². The van der Waals surface area contributed by atoms with Crippen molar-refractivity contribution in [3.63, 3.8) is 0 Å². The van der Waals surface area contributed by atoms with Gasteiger partial charge in [-0.25, -0.2) is 0 Å². The molecule has 2 N–H and O–H groups in total. The number of phenolic OH excluding ortho intramolecular Hbond substituents is 1. The van der Waals surface area contributed by atoms with Crippen LogP contribution in [0.15, 0.2) is 59.1 Å². The molecule has 2 aromatic carbocycles. The number of nitrogens with one attached hydrogen (secondary N) is 1. The molecule has 1 saturated carbocycles. The average Bonchev–Trinajstić information content (AvgIpc) is 3.39. The quantitative estimate of drug-likeness (QED) is 0.654.